The molecule has 1 atom stereocenters. The van der Waals surface area contributed by atoms with E-state index in [1.54, 1.807) is 19.2 Å². The van der Waals surface area contributed by atoms with Crippen molar-refractivity contribution in [2.24, 2.45) is 0 Å². The van der Waals surface area contributed by atoms with Crippen LogP contribution < -0.4 is 15.8 Å². The molecule has 3 N–H and O–H groups in total. The molecule has 0 saturated heterocycles. The molecule has 1 aromatic heterocycles. The zero-order valence-electron chi connectivity index (χ0n) is 11.8. The van der Waals surface area contributed by atoms with Crippen LogP contribution in [0.5, 0.6) is 5.75 Å². The summed E-state index contributed by atoms with van der Waals surface area (Å²) in [5.74, 6) is 0.648. The fraction of sp³-hybridized carbons (Fsp3) is 0.200. The average Bonchev–Trinajstić information content (AvgIpc) is 2.49. The van der Waals surface area contributed by atoms with Crippen LogP contribution in [0, 0.1) is 0 Å². The molecular formula is C15H16ClN3O2. The summed E-state index contributed by atoms with van der Waals surface area (Å²) in [5, 5.41) is 3.10. The molecule has 2 rings (SSSR count). The van der Waals surface area contributed by atoms with Gasteiger partial charge in [-0.3, -0.25) is 4.79 Å². The zero-order chi connectivity index (χ0) is 15.4. The molecular weight excluding hydrogens is 290 g/mol. The van der Waals surface area contributed by atoms with Crippen LogP contribution in [0.15, 0.2) is 36.4 Å². The summed E-state index contributed by atoms with van der Waals surface area (Å²) in [4.78, 5) is 16.1. The largest absolute Gasteiger partial charge is 0.497 e. The van der Waals surface area contributed by atoms with Gasteiger partial charge in [-0.25, -0.2) is 4.98 Å². The molecule has 5 nitrogen and oxygen atoms in total. The molecule has 1 amide bonds. The Morgan fingerprint density at radius 1 is 1.29 bits per heavy atom. The summed E-state index contributed by atoms with van der Waals surface area (Å²) in [6.45, 7) is 1.87. The fourth-order valence-corrected chi connectivity index (χ4v) is 2.05. The number of amides is 1. The van der Waals surface area contributed by atoms with Crippen LogP contribution in [0.1, 0.15) is 29.0 Å². The van der Waals surface area contributed by atoms with Crippen LogP contribution in [0.3, 0.4) is 0 Å². The highest BCUT2D eigenvalue weighted by Gasteiger charge is 2.16. The van der Waals surface area contributed by atoms with E-state index in [1.807, 2.05) is 31.2 Å². The second-order valence-corrected chi connectivity index (χ2v) is 4.94. The molecule has 0 saturated carbocycles. The first kappa shape index (κ1) is 15.1. The van der Waals surface area contributed by atoms with Gasteiger partial charge in [-0.05, 0) is 36.8 Å². The van der Waals surface area contributed by atoms with Crippen molar-refractivity contribution in [1.29, 1.82) is 0 Å². The van der Waals surface area contributed by atoms with E-state index in [4.69, 9.17) is 22.1 Å². The third-order valence-corrected chi connectivity index (χ3v) is 3.35. The van der Waals surface area contributed by atoms with Gasteiger partial charge < -0.3 is 15.8 Å². The summed E-state index contributed by atoms with van der Waals surface area (Å²) in [7, 11) is 1.60. The number of nitrogen functional groups attached to an aromatic ring is 1. The Morgan fingerprint density at radius 2 is 1.95 bits per heavy atom. The number of pyridine rings is 1. The predicted molar refractivity (Wildman–Crippen MR) is 82.5 cm³/mol. The fourth-order valence-electron chi connectivity index (χ4n) is 1.86. The van der Waals surface area contributed by atoms with Crippen LogP contribution in [0.4, 0.5) is 5.82 Å². The molecule has 2 aromatic rings. The number of anilines is 1. The number of halogens is 1. The highest BCUT2D eigenvalue weighted by Crippen LogP contribution is 2.19. The molecule has 0 aliphatic rings. The number of nitrogens with one attached hydrogen (secondary N) is 1. The van der Waals surface area contributed by atoms with Crippen molar-refractivity contribution in [3.8, 4) is 5.75 Å². The van der Waals surface area contributed by atoms with Crippen LogP contribution in [0.25, 0.3) is 0 Å². The monoisotopic (exact) mass is 305 g/mol. The summed E-state index contributed by atoms with van der Waals surface area (Å²) in [5.41, 5.74) is 6.65. The number of ether oxygens (including phenoxy) is 1. The Labute approximate surface area is 128 Å². The third kappa shape index (κ3) is 3.64. The van der Waals surface area contributed by atoms with Gasteiger partial charge in [0.2, 0.25) is 0 Å². The number of hydrogen-bond acceptors (Lipinski definition) is 4. The van der Waals surface area contributed by atoms with E-state index in [0.717, 1.165) is 11.3 Å². The Hall–Kier alpha value is -2.27. The molecule has 110 valence electrons. The molecule has 1 heterocycles. The molecule has 1 unspecified atom stereocenters. The topological polar surface area (TPSA) is 77.2 Å². The predicted octanol–water partition coefficient (Wildman–Crippen LogP) is 2.82. The Kier molecular flexibility index (Phi) is 4.65. The lowest BCUT2D eigenvalue weighted by atomic mass is 10.1. The number of methoxy groups -OCH3 is 1. The summed E-state index contributed by atoms with van der Waals surface area (Å²) in [6.07, 6.45) is 0. The lowest BCUT2D eigenvalue weighted by Gasteiger charge is -2.15. The van der Waals surface area contributed by atoms with Gasteiger partial charge in [0.15, 0.2) is 0 Å². The van der Waals surface area contributed by atoms with Crippen LogP contribution in [-0.4, -0.2) is 18.0 Å². The van der Waals surface area contributed by atoms with E-state index >= 15 is 0 Å². The highest BCUT2D eigenvalue weighted by molar-refractivity contribution is 6.33. The van der Waals surface area contributed by atoms with Crippen molar-refractivity contribution < 1.29 is 9.53 Å². The van der Waals surface area contributed by atoms with Gasteiger partial charge in [0.25, 0.3) is 5.91 Å². The van der Waals surface area contributed by atoms with Crippen molar-refractivity contribution in [3.05, 3.63) is 52.7 Å². The van der Waals surface area contributed by atoms with Gasteiger partial charge in [0.05, 0.1) is 18.2 Å². The zero-order valence-corrected chi connectivity index (χ0v) is 12.5. The molecule has 0 fully saturated rings. The standard InChI is InChI=1S/C15H16ClN3O2/c1-9(10-3-5-11(21-2)6-4-10)18-15(20)14-12(16)7-8-13(17)19-14/h3-9H,1-2H3,(H2,17,19)(H,18,20). The summed E-state index contributed by atoms with van der Waals surface area (Å²) in [6, 6.07) is 10.4. The van der Waals surface area contributed by atoms with Gasteiger partial charge in [0.1, 0.15) is 17.3 Å². The quantitative estimate of drug-likeness (QED) is 0.910. The van der Waals surface area contributed by atoms with E-state index < -0.39 is 0 Å². The Balaban J connectivity index is 2.12. The van der Waals surface area contributed by atoms with E-state index in [1.165, 1.54) is 0 Å². The number of hydrogen-bond donors (Lipinski definition) is 2. The minimum Gasteiger partial charge on any atom is -0.497 e. The maximum atomic E-state index is 12.2. The maximum Gasteiger partial charge on any atom is 0.271 e. The summed E-state index contributed by atoms with van der Waals surface area (Å²) < 4.78 is 5.10. The van der Waals surface area contributed by atoms with Gasteiger partial charge >= 0.3 is 0 Å². The molecule has 21 heavy (non-hydrogen) atoms. The minimum atomic E-state index is -0.365. The average molecular weight is 306 g/mol. The number of carbonyl (C=O) groups excluding carboxylic acids is 1. The number of aromatic nitrogens is 1. The first-order chi connectivity index (χ1) is 10.0. The van der Waals surface area contributed by atoms with Crippen molar-refractivity contribution in [2.75, 3.05) is 12.8 Å². The van der Waals surface area contributed by atoms with Crippen molar-refractivity contribution in [1.82, 2.24) is 10.3 Å². The van der Waals surface area contributed by atoms with Gasteiger partial charge in [-0.1, -0.05) is 23.7 Å². The highest BCUT2D eigenvalue weighted by atomic mass is 35.5. The number of nitrogens with zero attached hydrogens (tertiary/aromatic N) is 1. The number of rotatable bonds is 4. The smallest absolute Gasteiger partial charge is 0.271 e. The lowest BCUT2D eigenvalue weighted by Crippen LogP contribution is -2.27. The normalized spacial score (nSPS) is 11.8. The van der Waals surface area contributed by atoms with Crippen molar-refractivity contribution >= 4 is 23.3 Å². The number of carbonyl (C=O) groups is 1. The second-order valence-electron chi connectivity index (χ2n) is 4.53. The molecule has 0 radical (unpaired) electrons. The number of benzene rings is 1. The van der Waals surface area contributed by atoms with Crippen molar-refractivity contribution in [3.63, 3.8) is 0 Å². The molecule has 0 spiro atoms. The van der Waals surface area contributed by atoms with Crippen LogP contribution in [-0.2, 0) is 0 Å². The van der Waals surface area contributed by atoms with E-state index in [2.05, 4.69) is 10.3 Å². The second kappa shape index (κ2) is 6.45. The van der Waals surface area contributed by atoms with Gasteiger partial charge in [-0.2, -0.15) is 0 Å². The molecule has 0 aliphatic heterocycles. The maximum absolute atomic E-state index is 12.2. The van der Waals surface area contributed by atoms with Crippen molar-refractivity contribution in [2.45, 2.75) is 13.0 Å². The van der Waals surface area contributed by atoms with E-state index in [-0.39, 0.29) is 28.5 Å². The molecule has 0 aliphatic carbocycles. The van der Waals surface area contributed by atoms with E-state index in [0.29, 0.717) is 0 Å². The van der Waals surface area contributed by atoms with E-state index in [9.17, 15) is 4.79 Å². The number of nitrogens with two attached hydrogens (primary N) is 1. The Bertz CT molecular complexity index is 644. The SMILES string of the molecule is COc1ccc(C(C)NC(=O)c2nc(N)ccc2Cl)cc1. The summed E-state index contributed by atoms with van der Waals surface area (Å²) >= 11 is 5.96. The van der Waals surface area contributed by atoms with Crippen LogP contribution >= 0.6 is 11.6 Å². The molecule has 1 aromatic carbocycles. The minimum absolute atomic E-state index is 0.122. The van der Waals surface area contributed by atoms with Gasteiger partial charge in [0, 0.05) is 0 Å². The Morgan fingerprint density at radius 3 is 2.57 bits per heavy atom. The first-order valence-electron chi connectivity index (χ1n) is 6.38. The van der Waals surface area contributed by atoms with Crippen LogP contribution in [0.2, 0.25) is 5.02 Å². The third-order valence-electron chi connectivity index (χ3n) is 3.05. The first-order valence-corrected chi connectivity index (χ1v) is 6.76. The van der Waals surface area contributed by atoms with Gasteiger partial charge in [-0.15, -0.1) is 0 Å². The molecule has 6 heteroatoms. The molecule has 0 bridgehead atoms. The lowest BCUT2D eigenvalue weighted by molar-refractivity contribution is 0.0935.